The molecular weight excluding hydrogens is 278 g/mol. The van der Waals surface area contributed by atoms with E-state index in [1.165, 1.54) is 12.8 Å². The molecule has 1 atom stereocenters. The van der Waals surface area contributed by atoms with Gasteiger partial charge >= 0.3 is 6.09 Å². The number of aliphatic hydroxyl groups excluding tert-OH is 1. The van der Waals surface area contributed by atoms with Crippen LogP contribution in [0.2, 0.25) is 0 Å². The zero-order valence-corrected chi connectivity index (χ0v) is 15.3. The van der Waals surface area contributed by atoms with Crippen molar-refractivity contribution in [1.29, 1.82) is 0 Å². The highest BCUT2D eigenvalue weighted by atomic mass is 16.6. The van der Waals surface area contributed by atoms with Gasteiger partial charge in [-0.05, 0) is 51.4 Å². The molecule has 1 amide bonds. The van der Waals surface area contributed by atoms with Gasteiger partial charge in [0.15, 0.2) is 0 Å². The van der Waals surface area contributed by atoms with Crippen LogP contribution in [0.3, 0.4) is 0 Å². The lowest BCUT2D eigenvalue weighted by atomic mass is 9.74. The molecule has 0 aromatic rings. The van der Waals surface area contributed by atoms with E-state index in [2.05, 4.69) is 26.1 Å². The summed E-state index contributed by atoms with van der Waals surface area (Å²) in [6.07, 6.45) is 5.08. The van der Waals surface area contributed by atoms with Crippen LogP contribution in [0.15, 0.2) is 0 Å². The summed E-state index contributed by atoms with van der Waals surface area (Å²) < 4.78 is 5.31. The molecule has 1 unspecified atom stereocenters. The van der Waals surface area contributed by atoms with Gasteiger partial charge in [0.1, 0.15) is 5.60 Å². The lowest BCUT2D eigenvalue weighted by Gasteiger charge is -2.35. The molecule has 2 N–H and O–H groups in total. The molecule has 0 saturated heterocycles. The second-order valence-corrected chi connectivity index (χ2v) is 9.22. The minimum atomic E-state index is -0.492. The third kappa shape index (κ3) is 8.02. The minimum Gasteiger partial charge on any atom is -0.444 e. The summed E-state index contributed by atoms with van der Waals surface area (Å²) in [5.74, 6) is 0.715. The SMILES string of the molecule is CC(C)(C)CCC(CO)(CNC(=O)OC(C)(C)C)CC1CC1. The number of carbonyl (C=O) groups excluding carboxylic acids is 1. The monoisotopic (exact) mass is 313 g/mol. The summed E-state index contributed by atoms with van der Waals surface area (Å²) >= 11 is 0. The van der Waals surface area contributed by atoms with Crippen LogP contribution < -0.4 is 5.32 Å². The average molecular weight is 313 g/mol. The molecule has 1 saturated carbocycles. The maximum absolute atomic E-state index is 11.9. The molecule has 4 heteroatoms. The van der Waals surface area contributed by atoms with E-state index in [1.807, 2.05) is 20.8 Å². The summed E-state index contributed by atoms with van der Waals surface area (Å²) in [6, 6.07) is 0. The summed E-state index contributed by atoms with van der Waals surface area (Å²) in [4.78, 5) is 11.9. The zero-order chi connectivity index (χ0) is 17.0. The molecule has 1 aliphatic carbocycles. The van der Waals surface area contributed by atoms with E-state index < -0.39 is 11.7 Å². The first-order valence-corrected chi connectivity index (χ1v) is 8.52. The quantitative estimate of drug-likeness (QED) is 0.743. The topological polar surface area (TPSA) is 58.6 Å². The Morgan fingerprint density at radius 2 is 1.73 bits per heavy atom. The van der Waals surface area contributed by atoms with Gasteiger partial charge in [0, 0.05) is 12.0 Å². The maximum Gasteiger partial charge on any atom is 0.407 e. The first-order chi connectivity index (χ1) is 9.95. The van der Waals surface area contributed by atoms with Crippen LogP contribution in [0.4, 0.5) is 4.79 Å². The Hall–Kier alpha value is -0.770. The van der Waals surface area contributed by atoms with Gasteiger partial charge < -0.3 is 15.2 Å². The third-order valence-electron chi connectivity index (χ3n) is 4.17. The van der Waals surface area contributed by atoms with Gasteiger partial charge in [0.2, 0.25) is 0 Å². The first kappa shape index (κ1) is 19.3. The highest BCUT2D eigenvalue weighted by molar-refractivity contribution is 5.67. The van der Waals surface area contributed by atoms with E-state index in [9.17, 15) is 9.90 Å². The maximum atomic E-state index is 11.9. The van der Waals surface area contributed by atoms with Gasteiger partial charge in [0.25, 0.3) is 0 Å². The standard InChI is InChI=1S/C18H35NO3/c1-16(2,3)9-10-18(13-20,11-14-7-8-14)12-19-15(21)22-17(4,5)6/h14,20H,7-13H2,1-6H3,(H,19,21). The fourth-order valence-corrected chi connectivity index (χ4v) is 2.61. The number of amides is 1. The van der Waals surface area contributed by atoms with Crippen LogP contribution >= 0.6 is 0 Å². The average Bonchev–Trinajstić information content (AvgIpc) is 3.13. The van der Waals surface area contributed by atoms with E-state index in [1.54, 1.807) is 0 Å². The molecule has 0 spiro atoms. The van der Waals surface area contributed by atoms with E-state index in [0.29, 0.717) is 12.5 Å². The highest BCUT2D eigenvalue weighted by Crippen LogP contribution is 2.43. The molecule has 0 heterocycles. The van der Waals surface area contributed by atoms with E-state index in [-0.39, 0.29) is 17.4 Å². The lowest BCUT2D eigenvalue weighted by Crippen LogP contribution is -2.43. The van der Waals surface area contributed by atoms with Crippen LogP contribution in [-0.4, -0.2) is 30.0 Å². The van der Waals surface area contributed by atoms with Crippen LogP contribution in [0.25, 0.3) is 0 Å². The van der Waals surface area contributed by atoms with E-state index in [4.69, 9.17) is 4.74 Å². The summed E-state index contributed by atoms with van der Waals surface area (Å²) in [5, 5.41) is 12.9. The van der Waals surface area contributed by atoms with E-state index >= 15 is 0 Å². The Kier molecular flexibility index (Phi) is 6.31. The molecule has 130 valence electrons. The number of hydrogen-bond acceptors (Lipinski definition) is 3. The molecule has 0 bridgehead atoms. The van der Waals surface area contributed by atoms with Gasteiger partial charge in [-0.3, -0.25) is 0 Å². The largest absolute Gasteiger partial charge is 0.444 e. The first-order valence-electron chi connectivity index (χ1n) is 8.52. The van der Waals surface area contributed by atoms with E-state index in [0.717, 1.165) is 19.3 Å². The van der Waals surface area contributed by atoms with Crippen molar-refractivity contribution in [3.05, 3.63) is 0 Å². The number of aliphatic hydroxyl groups is 1. The van der Waals surface area contributed by atoms with Crippen LogP contribution in [-0.2, 0) is 4.74 Å². The predicted molar refractivity (Wildman–Crippen MR) is 89.8 cm³/mol. The normalized spacial score (nSPS) is 18.7. The molecule has 1 fully saturated rings. The Morgan fingerprint density at radius 1 is 1.14 bits per heavy atom. The second-order valence-electron chi connectivity index (χ2n) is 9.22. The van der Waals surface area contributed by atoms with Gasteiger partial charge in [-0.25, -0.2) is 4.79 Å². The van der Waals surface area contributed by atoms with Crippen molar-refractivity contribution in [3.63, 3.8) is 0 Å². The number of nitrogens with one attached hydrogen (secondary N) is 1. The third-order valence-corrected chi connectivity index (χ3v) is 4.17. The lowest BCUT2D eigenvalue weighted by molar-refractivity contribution is 0.0419. The Bertz CT molecular complexity index is 364. The number of alkyl carbamates (subject to hydrolysis) is 1. The van der Waals surface area contributed by atoms with Crippen molar-refractivity contribution in [2.75, 3.05) is 13.2 Å². The second kappa shape index (κ2) is 7.20. The number of ether oxygens (including phenoxy) is 1. The van der Waals surface area contributed by atoms with Gasteiger partial charge in [-0.2, -0.15) is 0 Å². The highest BCUT2D eigenvalue weighted by Gasteiger charge is 2.37. The van der Waals surface area contributed by atoms with Crippen molar-refractivity contribution in [3.8, 4) is 0 Å². The van der Waals surface area contributed by atoms with Crippen LogP contribution in [0.1, 0.15) is 73.6 Å². The molecule has 4 nitrogen and oxygen atoms in total. The predicted octanol–water partition coefficient (Wildman–Crippen LogP) is 4.12. The summed E-state index contributed by atoms with van der Waals surface area (Å²) in [6.45, 7) is 12.8. The van der Waals surface area contributed by atoms with Crippen molar-refractivity contribution in [2.45, 2.75) is 79.2 Å². The van der Waals surface area contributed by atoms with Crippen molar-refractivity contribution < 1.29 is 14.6 Å². The molecule has 1 rings (SSSR count). The van der Waals surface area contributed by atoms with Crippen molar-refractivity contribution in [1.82, 2.24) is 5.32 Å². The molecule has 0 aliphatic heterocycles. The van der Waals surface area contributed by atoms with Gasteiger partial charge in [-0.1, -0.05) is 33.6 Å². The molecule has 0 radical (unpaired) electrons. The molecule has 0 aromatic carbocycles. The number of rotatable bonds is 7. The van der Waals surface area contributed by atoms with Gasteiger partial charge in [0.05, 0.1) is 6.61 Å². The van der Waals surface area contributed by atoms with Gasteiger partial charge in [-0.15, -0.1) is 0 Å². The summed E-state index contributed by atoms with van der Waals surface area (Å²) in [5.41, 5.74) is -0.477. The van der Waals surface area contributed by atoms with Crippen LogP contribution in [0, 0.1) is 16.7 Å². The zero-order valence-electron chi connectivity index (χ0n) is 15.3. The Morgan fingerprint density at radius 3 is 2.14 bits per heavy atom. The minimum absolute atomic E-state index is 0.120. The van der Waals surface area contributed by atoms with Crippen molar-refractivity contribution in [2.24, 2.45) is 16.7 Å². The Labute approximate surface area is 136 Å². The molecule has 1 aliphatic rings. The van der Waals surface area contributed by atoms with Crippen LogP contribution in [0.5, 0.6) is 0 Å². The fourth-order valence-electron chi connectivity index (χ4n) is 2.61. The molecule has 0 aromatic heterocycles. The smallest absolute Gasteiger partial charge is 0.407 e. The number of hydrogen-bond donors (Lipinski definition) is 2. The fraction of sp³-hybridized carbons (Fsp3) is 0.944. The molecule has 22 heavy (non-hydrogen) atoms. The van der Waals surface area contributed by atoms with Crippen molar-refractivity contribution >= 4 is 6.09 Å². The summed E-state index contributed by atoms with van der Waals surface area (Å²) in [7, 11) is 0. The molecular formula is C18H35NO3. The Balaban J connectivity index is 2.61. The number of carbonyl (C=O) groups is 1.